The smallest absolute Gasteiger partial charge is 0.246 e. The molecular weight excluding hydrogens is 426 g/mol. The molecular formula is C24H27N3O4S. The molecule has 7 nitrogen and oxygen atoms in total. The lowest BCUT2D eigenvalue weighted by Crippen LogP contribution is -2.48. The number of hydrogen-bond donors (Lipinski definition) is 0. The van der Waals surface area contributed by atoms with Crippen LogP contribution < -0.4 is 19.1 Å². The lowest BCUT2D eigenvalue weighted by atomic mass is 10.1. The quantitative estimate of drug-likeness (QED) is 0.526. The Labute approximate surface area is 191 Å². The van der Waals surface area contributed by atoms with Gasteiger partial charge in [0.25, 0.3) is 0 Å². The summed E-state index contributed by atoms with van der Waals surface area (Å²) in [5, 5.41) is 1.02. The molecule has 0 radical (unpaired) electrons. The molecule has 32 heavy (non-hydrogen) atoms. The van der Waals surface area contributed by atoms with Gasteiger partial charge in [0.2, 0.25) is 11.7 Å². The molecule has 1 aromatic heterocycles. The van der Waals surface area contributed by atoms with E-state index < -0.39 is 0 Å². The van der Waals surface area contributed by atoms with E-state index >= 15 is 0 Å². The average molecular weight is 454 g/mol. The molecule has 0 aliphatic carbocycles. The SMILES string of the molecule is COc1cc(/C=C\C(=O)N2CCN(c3nc4c(C)cccc4s3)CC2)cc(OC)c1OC. The van der Waals surface area contributed by atoms with Crippen LogP contribution >= 0.6 is 11.3 Å². The fourth-order valence-electron chi connectivity index (χ4n) is 3.80. The van der Waals surface area contributed by atoms with Gasteiger partial charge in [-0.2, -0.15) is 0 Å². The van der Waals surface area contributed by atoms with E-state index in [0.29, 0.717) is 30.3 Å². The van der Waals surface area contributed by atoms with Gasteiger partial charge in [-0.1, -0.05) is 23.5 Å². The van der Waals surface area contributed by atoms with Crippen molar-refractivity contribution in [2.24, 2.45) is 0 Å². The minimum absolute atomic E-state index is 0.0152. The van der Waals surface area contributed by atoms with Crippen LogP contribution in [0.4, 0.5) is 5.13 Å². The van der Waals surface area contributed by atoms with Gasteiger partial charge in [-0.25, -0.2) is 4.98 Å². The van der Waals surface area contributed by atoms with Gasteiger partial charge in [0.1, 0.15) is 0 Å². The zero-order valence-electron chi connectivity index (χ0n) is 18.8. The van der Waals surface area contributed by atoms with E-state index in [2.05, 4.69) is 30.0 Å². The van der Waals surface area contributed by atoms with Crippen LogP contribution in [0.15, 0.2) is 36.4 Å². The minimum atomic E-state index is -0.0152. The van der Waals surface area contributed by atoms with Gasteiger partial charge < -0.3 is 24.0 Å². The van der Waals surface area contributed by atoms with Gasteiger partial charge >= 0.3 is 0 Å². The fourth-order valence-corrected chi connectivity index (χ4v) is 4.89. The lowest BCUT2D eigenvalue weighted by molar-refractivity contribution is -0.126. The monoisotopic (exact) mass is 453 g/mol. The molecule has 1 aliphatic heterocycles. The molecule has 0 N–H and O–H groups in total. The summed E-state index contributed by atoms with van der Waals surface area (Å²) in [6.45, 7) is 4.94. The van der Waals surface area contributed by atoms with Crippen molar-refractivity contribution in [3.05, 3.63) is 47.5 Å². The van der Waals surface area contributed by atoms with E-state index in [1.807, 2.05) is 17.0 Å². The molecule has 0 spiro atoms. The Hall–Kier alpha value is -3.26. The summed E-state index contributed by atoms with van der Waals surface area (Å²) < 4.78 is 17.3. The van der Waals surface area contributed by atoms with E-state index in [-0.39, 0.29) is 5.91 Å². The number of hydrogen-bond acceptors (Lipinski definition) is 7. The number of ether oxygens (including phenoxy) is 3. The molecule has 2 heterocycles. The van der Waals surface area contributed by atoms with Crippen molar-refractivity contribution in [2.45, 2.75) is 6.92 Å². The molecule has 2 aromatic carbocycles. The van der Waals surface area contributed by atoms with Crippen molar-refractivity contribution in [3.63, 3.8) is 0 Å². The Bertz CT molecular complexity index is 1120. The predicted molar refractivity (Wildman–Crippen MR) is 128 cm³/mol. The maximum atomic E-state index is 12.8. The van der Waals surface area contributed by atoms with E-state index in [0.717, 1.165) is 29.3 Å². The summed E-state index contributed by atoms with van der Waals surface area (Å²) in [6, 6.07) is 9.90. The second-order valence-corrected chi connectivity index (χ2v) is 8.53. The van der Waals surface area contributed by atoms with Gasteiger partial charge in [0.15, 0.2) is 16.6 Å². The first-order valence-corrected chi connectivity index (χ1v) is 11.2. The third-order valence-corrected chi connectivity index (χ3v) is 6.66. The van der Waals surface area contributed by atoms with Crippen molar-refractivity contribution in [1.82, 2.24) is 9.88 Å². The number of anilines is 1. The summed E-state index contributed by atoms with van der Waals surface area (Å²) in [5.74, 6) is 1.62. The van der Waals surface area contributed by atoms with Crippen LogP contribution in [0.25, 0.3) is 16.3 Å². The number of aromatic nitrogens is 1. The van der Waals surface area contributed by atoms with Crippen LogP contribution in [0.5, 0.6) is 17.2 Å². The van der Waals surface area contributed by atoms with Crippen molar-refractivity contribution in [1.29, 1.82) is 0 Å². The summed E-state index contributed by atoms with van der Waals surface area (Å²) in [6.07, 6.45) is 3.37. The Morgan fingerprint density at radius 3 is 2.31 bits per heavy atom. The van der Waals surface area contributed by atoms with Crippen molar-refractivity contribution < 1.29 is 19.0 Å². The number of para-hydroxylation sites is 1. The zero-order valence-corrected chi connectivity index (χ0v) is 19.6. The molecule has 1 saturated heterocycles. The van der Waals surface area contributed by atoms with Gasteiger partial charge in [0.05, 0.1) is 31.5 Å². The second kappa shape index (κ2) is 9.48. The standard InChI is InChI=1S/C24H27N3O4S/c1-16-6-5-7-20-22(16)25-24(32-20)27-12-10-26(11-13-27)21(28)9-8-17-14-18(29-2)23(31-4)19(15-17)30-3/h5-9,14-15H,10-13H2,1-4H3/b9-8-. The lowest BCUT2D eigenvalue weighted by Gasteiger charge is -2.34. The fraction of sp³-hybridized carbons (Fsp3) is 0.333. The highest BCUT2D eigenvalue weighted by molar-refractivity contribution is 7.22. The number of thiazole rings is 1. The maximum Gasteiger partial charge on any atom is 0.246 e. The summed E-state index contributed by atoms with van der Waals surface area (Å²) in [4.78, 5) is 21.7. The topological polar surface area (TPSA) is 64.1 Å². The van der Waals surface area contributed by atoms with E-state index in [9.17, 15) is 4.79 Å². The zero-order chi connectivity index (χ0) is 22.7. The van der Waals surface area contributed by atoms with Gasteiger partial charge in [0, 0.05) is 32.3 Å². The molecule has 0 atom stereocenters. The van der Waals surface area contributed by atoms with Crippen molar-refractivity contribution >= 4 is 38.7 Å². The molecule has 1 fully saturated rings. The van der Waals surface area contributed by atoms with E-state index in [4.69, 9.17) is 19.2 Å². The van der Waals surface area contributed by atoms with Gasteiger partial charge in [-0.3, -0.25) is 4.79 Å². The Morgan fingerprint density at radius 2 is 1.72 bits per heavy atom. The van der Waals surface area contributed by atoms with Crippen LogP contribution in [0.2, 0.25) is 0 Å². The highest BCUT2D eigenvalue weighted by Gasteiger charge is 2.22. The number of fused-ring (bicyclic) bond motifs is 1. The normalized spacial score (nSPS) is 14.2. The van der Waals surface area contributed by atoms with Crippen molar-refractivity contribution in [3.8, 4) is 17.2 Å². The van der Waals surface area contributed by atoms with Crippen LogP contribution in [-0.2, 0) is 4.79 Å². The number of aryl methyl sites for hydroxylation is 1. The number of nitrogens with zero attached hydrogens (tertiary/aromatic N) is 3. The molecule has 1 aliphatic rings. The van der Waals surface area contributed by atoms with E-state index in [1.54, 1.807) is 44.8 Å². The summed E-state index contributed by atoms with van der Waals surface area (Å²) in [7, 11) is 4.71. The first kappa shape index (κ1) is 22.0. The summed E-state index contributed by atoms with van der Waals surface area (Å²) in [5.41, 5.74) is 3.06. The third kappa shape index (κ3) is 4.36. The van der Waals surface area contributed by atoms with Crippen LogP contribution in [0.1, 0.15) is 11.1 Å². The molecule has 3 aromatic rings. The molecule has 4 rings (SSSR count). The number of rotatable bonds is 6. The first-order chi connectivity index (χ1) is 15.5. The Kier molecular flexibility index (Phi) is 6.50. The molecule has 168 valence electrons. The molecule has 0 saturated carbocycles. The van der Waals surface area contributed by atoms with Gasteiger partial charge in [-0.15, -0.1) is 0 Å². The number of amides is 1. The third-order valence-electron chi connectivity index (χ3n) is 5.58. The van der Waals surface area contributed by atoms with Crippen molar-refractivity contribution in [2.75, 3.05) is 52.4 Å². The molecule has 0 unspecified atom stereocenters. The number of carbonyl (C=O) groups excluding carboxylic acids is 1. The molecule has 8 heteroatoms. The minimum Gasteiger partial charge on any atom is -0.493 e. The molecule has 1 amide bonds. The highest BCUT2D eigenvalue weighted by Crippen LogP contribution is 2.38. The second-order valence-electron chi connectivity index (χ2n) is 7.52. The largest absolute Gasteiger partial charge is 0.493 e. The number of carbonyl (C=O) groups is 1. The predicted octanol–water partition coefficient (Wildman–Crippen LogP) is 3.99. The number of methoxy groups -OCH3 is 3. The summed E-state index contributed by atoms with van der Waals surface area (Å²) >= 11 is 1.71. The Morgan fingerprint density at radius 1 is 1.03 bits per heavy atom. The highest BCUT2D eigenvalue weighted by atomic mass is 32.1. The Balaban J connectivity index is 1.41. The maximum absolute atomic E-state index is 12.8. The van der Waals surface area contributed by atoms with Crippen LogP contribution in [0, 0.1) is 6.92 Å². The van der Waals surface area contributed by atoms with E-state index in [1.165, 1.54) is 10.3 Å². The number of piperazine rings is 1. The first-order valence-electron chi connectivity index (χ1n) is 10.4. The molecule has 0 bridgehead atoms. The number of benzene rings is 2. The average Bonchev–Trinajstić information content (AvgIpc) is 3.27. The van der Waals surface area contributed by atoms with Crippen LogP contribution in [0.3, 0.4) is 0 Å². The van der Waals surface area contributed by atoms with Crippen LogP contribution in [-0.4, -0.2) is 63.3 Å². The van der Waals surface area contributed by atoms with Gasteiger partial charge in [-0.05, 0) is 42.3 Å².